The van der Waals surface area contributed by atoms with Gasteiger partial charge in [-0.2, -0.15) is 9.78 Å². The zero-order chi connectivity index (χ0) is 21.3. The molecule has 30 heavy (non-hydrogen) atoms. The molecule has 4 aromatic rings. The molecule has 0 spiro atoms. The van der Waals surface area contributed by atoms with E-state index in [4.69, 9.17) is 4.74 Å². The Bertz CT molecular complexity index is 1310. The smallest absolute Gasteiger partial charge is 0.281 e. The number of rotatable bonds is 5. The fourth-order valence-electron chi connectivity index (χ4n) is 2.98. The predicted octanol–water partition coefficient (Wildman–Crippen LogP) is 3.37. The van der Waals surface area contributed by atoms with Gasteiger partial charge in [-0.15, -0.1) is 0 Å². The van der Waals surface area contributed by atoms with E-state index < -0.39 is 17.2 Å². The third-order valence-corrected chi connectivity index (χ3v) is 5.46. The highest BCUT2D eigenvalue weighted by atomic mass is 32.1. The topological polar surface area (TPSA) is 106 Å². The fourth-order valence-corrected chi connectivity index (χ4v) is 3.91. The van der Waals surface area contributed by atoms with Crippen LogP contribution >= 0.6 is 11.3 Å². The number of aromatic nitrogens is 3. The molecule has 2 heterocycles. The Hall–Kier alpha value is -3.72. The van der Waals surface area contributed by atoms with Crippen LogP contribution in [0.25, 0.3) is 15.9 Å². The molecule has 0 aliphatic heterocycles. The van der Waals surface area contributed by atoms with E-state index in [0.717, 1.165) is 27.4 Å². The van der Waals surface area contributed by atoms with E-state index in [9.17, 15) is 14.7 Å². The molecule has 0 aliphatic carbocycles. The highest BCUT2D eigenvalue weighted by Gasteiger charge is 2.19. The van der Waals surface area contributed by atoms with E-state index in [1.807, 2.05) is 18.2 Å². The summed E-state index contributed by atoms with van der Waals surface area (Å²) in [5.41, 5.74) is 1.40. The van der Waals surface area contributed by atoms with Crippen molar-refractivity contribution in [3.8, 4) is 17.2 Å². The van der Waals surface area contributed by atoms with E-state index >= 15 is 0 Å². The summed E-state index contributed by atoms with van der Waals surface area (Å²) >= 11 is 1.32. The van der Waals surface area contributed by atoms with Crippen LogP contribution in [-0.2, 0) is 6.42 Å². The third-order valence-electron chi connectivity index (χ3n) is 4.52. The number of aryl methyl sites for hydroxylation is 1. The lowest BCUT2D eigenvalue weighted by molar-refractivity contribution is 0.101. The van der Waals surface area contributed by atoms with Crippen molar-refractivity contribution in [2.75, 3.05) is 12.4 Å². The first kappa shape index (κ1) is 19.6. The third kappa shape index (κ3) is 3.62. The number of aromatic hydroxyl groups is 1. The summed E-state index contributed by atoms with van der Waals surface area (Å²) in [6.07, 6.45) is 0.901. The van der Waals surface area contributed by atoms with Crippen LogP contribution in [0.3, 0.4) is 0 Å². The fraction of sp³-hybridized carbons (Fsp3) is 0.143. The maximum absolute atomic E-state index is 12.8. The SMILES string of the molecule is CCc1ccc2nc(NC(=O)c3nn(-c4ccccc4OC)c(=O)cc3O)sc2c1. The lowest BCUT2D eigenvalue weighted by atomic mass is 10.2. The molecule has 4 rings (SSSR count). The molecule has 152 valence electrons. The number of nitrogens with zero attached hydrogens (tertiary/aromatic N) is 3. The Morgan fingerprint density at radius 1 is 1.23 bits per heavy atom. The summed E-state index contributed by atoms with van der Waals surface area (Å²) in [6, 6.07) is 13.6. The van der Waals surface area contributed by atoms with Gasteiger partial charge in [-0.1, -0.05) is 36.5 Å². The van der Waals surface area contributed by atoms with Crippen LogP contribution < -0.4 is 15.6 Å². The highest BCUT2D eigenvalue weighted by molar-refractivity contribution is 7.22. The number of hydrogen-bond donors (Lipinski definition) is 2. The minimum absolute atomic E-state index is 0.297. The molecular formula is C21H18N4O4S. The second-order valence-corrected chi connectivity index (χ2v) is 7.46. The van der Waals surface area contributed by atoms with Gasteiger partial charge in [0.15, 0.2) is 16.6 Å². The van der Waals surface area contributed by atoms with E-state index in [0.29, 0.717) is 16.6 Å². The quantitative estimate of drug-likeness (QED) is 0.511. The molecule has 0 bridgehead atoms. The number of benzene rings is 2. The highest BCUT2D eigenvalue weighted by Crippen LogP contribution is 2.28. The van der Waals surface area contributed by atoms with Crippen molar-refractivity contribution in [1.29, 1.82) is 0 Å². The molecule has 2 aromatic carbocycles. The van der Waals surface area contributed by atoms with Gasteiger partial charge in [0.1, 0.15) is 11.4 Å². The Morgan fingerprint density at radius 3 is 2.80 bits per heavy atom. The molecule has 2 aromatic heterocycles. The lowest BCUT2D eigenvalue weighted by Gasteiger charge is -2.11. The molecule has 0 saturated heterocycles. The second-order valence-electron chi connectivity index (χ2n) is 6.43. The van der Waals surface area contributed by atoms with Crippen molar-refractivity contribution in [3.05, 3.63) is 70.1 Å². The van der Waals surface area contributed by atoms with Gasteiger partial charge in [0.05, 0.1) is 17.3 Å². The Labute approximate surface area is 175 Å². The number of para-hydroxylation sites is 2. The number of carbonyl (C=O) groups is 1. The van der Waals surface area contributed by atoms with Crippen molar-refractivity contribution in [2.45, 2.75) is 13.3 Å². The van der Waals surface area contributed by atoms with Gasteiger partial charge in [-0.3, -0.25) is 14.9 Å². The van der Waals surface area contributed by atoms with E-state index in [-0.39, 0.29) is 5.69 Å². The number of amides is 1. The number of hydrogen-bond acceptors (Lipinski definition) is 7. The van der Waals surface area contributed by atoms with Gasteiger partial charge >= 0.3 is 0 Å². The van der Waals surface area contributed by atoms with Crippen LogP contribution in [0.4, 0.5) is 5.13 Å². The lowest BCUT2D eigenvalue weighted by Crippen LogP contribution is -2.25. The first-order valence-corrected chi connectivity index (χ1v) is 9.99. The number of nitrogens with one attached hydrogen (secondary N) is 1. The van der Waals surface area contributed by atoms with Crippen LogP contribution in [-0.4, -0.2) is 32.9 Å². The molecule has 2 N–H and O–H groups in total. The normalized spacial score (nSPS) is 10.9. The van der Waals surface area contributed by atoms with Crippen molar-refractivity contribution in [1.82, 2.24) is 14.8 Å². The minimum Gasteiger partial charge on any atom is -0.505 e. The van der Waals surface area contributed by atoms with Crippen molar-refractivity contribution in [2.24, 2.45) is 0 Å². The summed E-state index contributed by atoms with van der Waals surface area (Å²) in [7, 11) is 1.47. The van der Waals surface area contributed by atoms with Gasteiger partial charge in [0.25, 0.3) is 11.5 Å². The van der Waals surface area contributed by atoms with Crippen LogP contribution in [0, 0.1) is 0 Å². The Kier molecular flexibility index (Phi) is 5.20. The summed E-state index contributed by atoms with van der Waals surface area (Å²) < 4.78 is 7.22. The minimum atomic E-state index is -0.675. The second kappa shape index (κ2) is 7.96. The van der Waals surface area contributed by atoms with Crippen LogP contribution in [0.15, 0.2) is 53.3 Å². The Balaban J connectivity index is 1.70. The number of ether oxygens (including phenoxy) is 1. The molecule has 0 fully saturated rings. The zero-order valence-corrected chi connectivity index (χ0v) is 17.1. The largest absolute Gasteiger partial charge is 0.505 e. The summed E-state index contributed by atoms with van der Waals surface area (Å²) in [4.78, 5) is 29.5. The van der Waals surface area contributed by atoms with Gasteiger partial charge < -0.3 is 9.84 Å². The molecule has 0 unspecified atom stereocenters. The first-order chi connectivity index (χ1) is 14.5. The monoisotopic (exact) mass is 422 g/mol. The molecular weight excluding hydrogens is 404 g/mol. The van der Waals surface area contributed by atoms with Gasteiger partial charge in [-0.05, 0) is 36.2 Å². The molecule has 9 heteroatoms. The maximum atomic E-state index is 12.8. The molecule has 0 atom stereocenters. The molecule has 0 aliphatic rings. The van der Waals surface area contributed by atoms with Crippen LogP contribution in [0.5, 0.6) is 11.5 Å². The van der Waals surface area contributed by atoms with Crippen molar-refractivity contribution >= 4 is 32.6 Å². The summed E-state index contributed by atoms with van der Waals surface area (Å²) in [5, 5.41) is 17.3. The first-order valence-electron chi connectivity index (χ1n) is 9.17. The van der Waals surface area contributed by atoms with Crippen LogP contribution in [0.2, 0.25) is 0 Å². The van der Waals surface area contributed by atoms with Gasteiger partial charge in [-0.25, -0.2) is 4.98 Å². The predicted molar refractivity (Wildman–Crippen MR) is 115 cm³/mol. The number of anilines is 1. The summed E-state index contributed by atoms with van der Waals surface area (Å²) in [5.74, 6) is -0.786. The molecule has 0 saturated carbocycles. The van der Waals surface area contributed by atoms with E-state index in [1.54, 1.807) is 24.3 Å². The average Bonchev–Trinajstić information content (AvgIpc) is 3.15. The molecule has 1 amide bonds. The number of methoxy groups -OCH3 is 1. The van der Waals surface area contributed by atoms with Crippen LogP contribution in [0.1, 0.15) is 23.0 Å². The molecule has 8 nitrogen and oxygen atoms in total. The van der Waals surface area contributed by atoms with Gasteiger partial charge in [0, 0.05) is 6.07 Å². The maximum Gasteiger partial charge on any atom is 0.281 e. The molecule has 0 radical (unpaired) electrons. The average molecular weight is 422 g/mol. The summed E-state index contributed by atoms with van der Waals surface area (Å²) in [6.45, 7) is 2.07. The zero-order valence-electron chi connectivity index (χ0n) is 16.2. The van der Waals surface area contributed by atoms with E-state index in [1.165, 1.54) is 24.0 Å². The van der Waals surface area contributed by atoms with Crippen molar-refractivity contribution < 1.29 is 14.6 Å². The van der Waals surface area contributed by atoms with E-state index in [2.05, 4.69) is 22.3 Å². The Morgan fingerprint density at radius 2 is 2.03 bits per heavy atom. The number of thiazole rings is 1. The van der Waals surface area contributed by atoms with Gasteiger partial charge in [0.2, 0.25) is 0 Å². The standard InChI is InChI=1S/C21H18N4O4S/c1-3-12-8-9-13-17(10-12)30-21(22-13)23-20(28)19-15(26)11-18(27)25(24-19)14-6-4-5-7-16(14)29-2/h4-11,26H,3H2,1-2H3,(H,22,23,28). The van der Waals surface area contributed by atoms with Crippen molar-refractivity contribution in [3.63, 3.8) is 0 Å². The number of fused-ring (bicyclic) bond motifs is 1. The number of carbonyl (C=O) groups excluding carboxylic acids is 1.